The van der Waals surface area contributed by atoms with Gasteiger partial charge >= 0.3 is 0 Å². The van der Waals surface area contributed by atoms with Crippen molar-refractivity contribution in [3.8, 4) is 0 Å². The molecule has 1 aliphatic rings. The second kappa shape index (κ2) is 6.29. The molecule has 116 valence electrons. The first-order valence-corrected chi connectivity index (χ1v) is 8.26. The average molecular weight is 310 g/mol. The Kier molecular flexibility index (Phi) is 3.84. The summed E-state index contributed by atoms with van der Waals surface area (Å²) in [5.74, 6) is 0.0612. The molecule has 1 aliphatic carbocycles. The summed E-state index contributed by atoms with van der Waals surface area (Å²) in [5, 5.41) is 0. The Morgan fingerprint density at radius 2 is 1.33 bits per heavy atom. The van der Waals surface area contributed by atoms with Gasteiger partial charge in [0, 0.05) is 11.5 Å². The Labute approximate surface area is 142 Å². The molecule has 3 aromatic carbocycles. The molecular weight excluding hydrogens is 292 g/mol. The maximum absolute atomic E-state index is 13.3. The first-order chi connectivity index (χ1) is 11.8. The van der Waals surface area contributed by atoms with Crippen LogP contribution in [0.3, 0.4) is 0 Å². The van der Waals surface area contributed by atoms with Crippen molar-refractivity contribution >= 4 is 11.9 Å². The largest absolute Gasteiger partial charge is 0.293 e. The van der Waals surface area contributed by atoms with Gasteiger partial charge in [0.15, 0.2) is 5.78 Å². The molecule has 0 heterocycles. The second-order valence-corrected chi connectivity index (χ2v) is 6.13. The van der Waals surface area contributed by atoms with Gasteiger partial charge in [-0.2, -0.15) is 0 Å². The van der Waals surface area contributed by atoms with E-state index in [1.54, 1.807) is 0 Å². The van der Waals surface area contributed by atoms with Crippen molar-refractivity contribution in [1.29, 1.82) is 0 Å². The summed E-state index contributed by atoms with van der Waals surface area (Å²) in [4.78, 5) is 13.3. The highest BCUT2D eigenvalue weighted by atomic mass is 16.1. The van der Waals surface area contributed by atoms with Crippen LogP contribution < -0.4 is 0 Å². The second-order valence-electron chi connectivity index (χ2n) is 6.13. The molecule has 0 saturated heterocycles. The number of fused-ring (bicyclic) bond motifs is 1. The Morgan fingerprint density at radius 1 is 0.708 bits per heavy atom. The molecule has 0 radical (unpaired) electrons. The molecule has 0 N–H and O–H groups in total. The summed E-state index contributed by atoms with van der Waals surface area (Å²) in [7, 11) is 0. The van der Waals surface area contributed by atoms with Crippen molar-refractivity contribution in [2.45, 2.75) is 11.8 Å². The minimum atomic E-state index is -0.184. The molecule has 4 rings (SSSR count). The Hall–Kier alpha value is -2.93. The standard InChI is InChI=1S/C23H18O/c24-23(19-12-5-2-6-13-19)22-20-14-8-7-11-18(20)15-16-21(22)17-9-3-1-4-10-17/h1-16,21-22H/t21-,22+/m1/s1. The summed E-state index contributed by atoms with van der Waals surface area (Å²) >= 11 is 0. The molecule has 0 aromatic heterocycles. The van der Waals surface area contributed by atoms with E-state index in [4.69, 9.17) is 0 Å². The van der Waals surface area contributed by atoms with Crippen molar-refractivity contribution in [3.63, 3.8) is 0 Å². The third-order valence-corrected chi connectivity index (χ3v) is 4.70. The summed E-state index contributed by atoms with van der Waals surface area (Å²) in [5.41, 5.74) is 4.20. The zero-order chi connectivity index (χ0) is 16.4. The number of rotatable bonds is 3. The zero-order valence-corrected chi connectivity index (χ0v) is 13.3. The van der Waals surface area contributed by atoms with Gasteiger partial charge in [-0.1, -0.05) is 97.1 Å². The number of allylic oxidation sites excluding steroid dienone is 1. The van der Waals surface area contributed by atoms with Crippen LogP contribution in [0.5, 0.6) is 0 Å². The van der Waals surface area contributed by atoms with Gasteiger partial charge in [0.05, 0.1) is 5.92 Å². The normalized spacial score (nSPS) is 18.8. The van der Waals surface area contributed by atoms with Crippen LogP contribution in [0.15, 0.2) is 91.0 Å². The molecule has 0 bridgehead atoms. The van der Waals surface area contributed by atoms with Gasteiger partial charge in [0.25, 0.3) is 0 Å². The highest BCUT2D eigenvalue weighted by molar-refractivity contribution is 6.03. The van der Waals surface area contributed by atoms with Gasteiger partial charge in [-0.25, -0.2) is 0 Å². The summed E-state index contributed by atoms with van der Waals surface area (Å²) < 4.78 is 0. The minimum Gasteiger partial charge on any atom is -0.293 e. The Balaban J connectivity index is 1.84. The average Bonchev–Trinajstić information content (AvgIpc) is 2.68. The van der Waals surface area contributed by atoms with E-state index in [-0.39, 0.29) is 17.6 Å². The molecular formula is C23H18O. The molecule has 3 aromatic rings. The molecule has 2 atom stereocenters. The predicted molar refractivity (Wildman–Crippen MR) is 98.2 cm³/mol. The van der Waals surface area contributed by atoms with E-state index in [9.17, 15) is 4.79 Å². The zero-order valence-electron chi connectivity index (χ0n) is 13.3. The topological polar surface area (TPSA) is 17.1 Å². The minimum absolute atomic E-state index is 0.0637. The fourth-order valence-corrected chi connectivity index (χ4v) is 3.52. The number of carbonyl (C=O) groups is 1. The smallest absolute Gasteiger partial charge is 0.171 e. The highest BCUT2D eigenvalue weighted by Gasteiger charge is 2.33. The number of ketones is 1. The number of benzene rings is 3. The number of hydrogen-bond acceptors (Lipinski definition) is 1. The molecule has 0 saturated carbocycles. The van der Waals surface area contributed by atoms with E-state index < -0.39 is 0 Å². The van der Waals surface area contributed by atoms with Crippen molar-refractivity contribution < 1.29 is 4.79 Å². The SMILES string of the molecule is O=C(c1ccccc1)[C@H]1c2ccccc2C=C[C@@H]1c1ccccc1. The Bertz CT molecular complexity index is 878. The number of hydrogen-bond donors (Lipinski definition) is 0. The highest BCUT2D eigenvalue weighted by Crippen LogP contribution is 2.42. The van der Waals surface area contributed by atoms with Gasteiger partial charge in [-0.15, -0.1) is 0 Å². The van der Waals surface area contributed by atoms with Crippen LogP contribution in [0.1, 0.15) is 38.9 Å². The van der Waals surface area contributed by atoms with Crippen LogP contribution in [0.2, 0.25) is 0 Å². The van der Waals surface area contributed by atoms with Crippen molar-refractivity contribution in [2.75, 3.05) is 0 Å². The van der Waals surface area contributed by atoms with Crippen LogP contribution in [0, 0.1) is 0 Å². The quantitative estimate of drug-likeness (QED) is 0.587. The van der Waals surface area contributed by atoms with E-state index in [2.05, 4.69) is 36.4 Å². The molecule has 0 fully saturated rings. The summed E-state index contributed by atoms with van der Waals surface area (Å²) in [6.45, 7) is 0. The van der Waals surface area contributed by atoms with E-state index in [0.29, 0.717) is 0 Å². The van der Waals surface area contributed by atoms with Gasteiger partial charge in [0.2, 0.25) is 0 Å². The van der Waals surface area contributed by atoms with Crippen molar-refractivity contribution in [1.82, 2.24) is 0 Å². The van der Waals surface area contributed by atoms with Crippen LogP contribution in [-0.4, -0.2) is 5.78 Å². The van der Waals surface area contributed by atoms with Crippen LogP contribution in [0.25, 0.3) is 6.08 Å². The lowest BCUT2D eigenvalue weighted by atomic mass is 9.72. The molecule has 24 heavy (non-hydrogen) atoms. The lowest BCUT2D eigenvalue weighted by molar-refractivity contribution is 0.0952. The monoisotopic (exact) mass is 310 g/mol. The number of Topliss-reactive ketones (excluding diaryl/α,β-unsaturated/α-hetero) is 1. The molecule has 1 nitrogen and oxygen atoms in total. The van der Waals surface area contributed by atoms with Crippen molar-refractivity contribution in [2.24, 2.45) is 0 Å². The van der Waals surface area contributed by atoms with E-state index >= 15 is 0 Å². The number of carbonyl (C=O) groups excluding carboxylic acids is 1. The van der Waals surface area contributed by atoms with Gasteiger partial charge in [-0.3, -0.25) is 4.79 Å². The van der Waals surface area contributed by atoms with E-state index in [1.165, 1.54) is 5.56 Å². The first-order valence-electron chi connectivity index (χ1n) is 8.26. The van der Waals surface area contributed by atoms with Crippen molar-refractivity contribution in [3.05, 3.63) is 113 Å². The van der Waals surface area contributed by atoms with Gasteiger partial charge in [0.1, 0.15) is 0 Å². The van der Waals surface area contributed by atoms with Crippen LogP contribution >= 0.6 is 0 Å². The maximum atomic E-state index is 13.3. The molecule has 0 aliphatic heterocycles. The fraction of sp³-hybridized carbons (Fsp3) is 0.0870. The third-order valence-electron chi connectivity index (χ3n) is 4.70. The van der Waals surface area contributed by atoms with Crippen LogP contribution in [-0.2, 0) is 0 Å². The molecule has 0 unspecified atom stereocenters. The van der Waals surface area contributed by atoms with E-state index in [0.717, 1.165) is 16.7 Å². The lowest BCUT2D eigenvalue weighted by Crippen LogP contribution is -2.22. The predicted octanol–water partition coefficient (Wildman–Crippen LogP) is 5.46. The summed E-state index contributed by atoms with van der Waals surface area (Å²) in [6.07, 6.45) is 4.31. The molecule has 1 heteroatoms. The molecule has 0 amide bonds. The van der Waals surface area contributed by atoms with Gasteiger partial charge in [-0.05, 0) is 16.7 Å². The fourth-order valence-electron chi connectivity index (χ4n) is 3.52. The van der Waals surface area contributed by atoms with E-state index in [1.807, 2.05) is 60.7 Å². The van der Waals surface area contributed by atoms with Crippen LogP contribution in [0.4, 0.5) is 0 Å². The van der Waals surface area contributed by atoms with Gasteiger partial charge < -0.3 is 0 Å². The lowest BCUT2D eigenvalue weighted by Gasteiger charge is -2.29. The Morgan fingerprint density at radius 3 is 2.08 bits per heavy atom. The third kappa shape index (κ3) is 2.59. The maximum Gasteiger partial charge on any atom is 0.171 e. The molecule has 0 spiro atoms. The summed E-state index contributed by atoms with van der Waals surface area (Å²) in [6, 6.07) is 28.1. The first kappa shape index (κ1) is 14.6.